The van der Waals surface area contributed by atoms with Gasteiger partial charge in [-0.25, -0.2) is 22.9 Å². The van der Waals surface area contributed by atoms with Crippen LogP contribution in [0.5, 0.6) is 5.88 Å². The molecule has 4 rings (SSSR count). The van der Waals surface area contributed by atoms with E-state index < -0.39 is 28.1 Å². The summed E-state index contributed by atoms with van der Waals surface area (Å²) in [6, 6.07) is 19.8. The average molecular weight is 619 g/mol. The van der Waals surface area contributed by atoms with Crippen molar-refractivity contribution in [3.05, 3.63) is 101 Å². The molecule has 0 saturated heterocycles. The number of ether oxygens (including phenoxy) is 2. The van der Waals surface area contributed by atoms with E-state index in [-0.39, 0.29) is 34.3 Å². The van der Waals surface area contributed by atoms with Crippen molar-refractivity contribution in [3.8, 4) is 17.1 Å². The van der Waals surface area contributed by atoms with Crippen molar-refractivity contribution in [2.45, 2.75) is 57.1 Å². The van der Waals surface area contributed by atoms with Crippen LogP contribution in [0.15, 0.2) is 77.7 Å². The number of nitrogens with zero attached hydrogens (tertiary/aromatic N) is 2. The first-order valence-electron chi connectivity index (χ1n) is 14.0. The number of sulfonamides is 1. The van der Waals surface area contributed by atoms with Gasteiger partial charge in [0.25, 0.3) is 10.0 Å². The zero-order chi connectivity index (χ0) is 32.2. The third kappa shape index (κ3) is 7.60. The van der Waals surface area contributed by atoms with Crippen LogP contribution in [-0.4, -0.2) is 49.2 Å². The Bertz CT molecular complexity index is 1730. The van der Waals surface area contributed by atoms with Crippen LogP contribution in [0.4, 0.5) is 5.95 Å². The Hall–Kier alpha value is -4.32. The Kier molecular flexibility index (Phi) is 9.72. The molecule has 11 heteroatoms. The molecule has 44 heavy (non-hydrogen) atoms. The summed E-state index contributed by atoms with van der Waals surface area (Å²) in [5, 5.41) is 9.36. The van der Waals surface area contributed by atoms with E-state index in [1.807, 2.05) is 56.3 Å². The highest BCUT2D eigenvalue weighted by Gasteiger charge is 2.26. The van der Waals surface area contributed by atoms with Gasteiger partial charge in [-0.1, -0.05) is 69.3 Å². The van der Waals surface area contributed by atoms with Gasteiger partial charge < -0.3 is 20.3 Å². The van der Waals surface area contributed by atoms with Gasteiger partial charge in [0, 0.05) is 18.7 Å². The SMILES string of the molecule is COC[C@@H](N)[C@H](Oc1cc(-c2c(C)cccc2C)nc(NS(=O)(=O)c2cccc(C(=O)O)c2)n1)c1ccc(C(C)(C)C)cc1. The Morgan fingerprint density at radius 3 is 2.20 bits per heavy atom. The summed E-state index contributed by atoms with van der Waals surface area (Å²) < 4.78 is 40.9. The molecule has 0 radical (unpaired) electrons. The van der Waals surface area contributed by atoms with Gasteiger partial charge in [0.05, 0.1) is 28.8 Å². The second-order valence-electron chi connectivity index (χ2n) is 11.6. The molecule has 0 unspecified atom stereocenters. The normalized spacial score (nSPS) is 13.2. The number of aryl methyl sites for hydroxylation is 2. The number of aromatic carboxylic acids is 1. The van der Waals surface area contributed by atoms with E-state index in [4.69, 9.17) is 15.2 Å². The quantitative estimate of drug-likeness (QED) is 0.193. The number of carboxylic acids is 1. The molecule has 0 amide bonds. The molecule has 0 aliphatic carbocycles. The molecule has 0 bridgehead atoms. The molecular formula is C33H38N4O6S. The molecule has 10 nitrogen and oxygen atoms in total. The van der Waals surface area contributed by atoms with Crippen LogP contribution in [0, 0.1) is 13.8 Å². The highest BCUT2D eigenvalue weighted by atomic mass is 32.2. The number of carboxylic acid groups (broad SMARTS) is 1. The molecule has 0 saturated carbocycles. The standard InChI is InChI=1S/C33H38N4O6S/c1-20-9-7-10-21(2)29(20)27-18-28(36-32(35-27)37-44(40,41)25-12-8-11-23(17-25)31(38)39)43-30(26(34)19-42-6)22-13-15-24(16-14-22)33(3,4)5/h7-18,26,30H,19,34H2,1-6H3,(H,38,39)(H,35,36,37)/t26-,30-/m1/s1. The fourth-order valence-electron chi connectivity index (χ4n) is 4.84. The summed E-state index contributed by atoms with van der Waals surface area (Å²) in [7, 11) is -2.72. The number of rotatable bonds is 11. The lowest BCUT2D eigenvalue weighted by molar-refractivity contribution is 0.0696. The third-order valence-electron chi connectivity index (χ3n) is 7.16. The number of nitrogens with two attached hydrogens (primary N) is 1. The molecular weight excluding hydrogens is 580 g/mol. The Balaban J connectivity index is 1.81. The molecule has 4 N–H and O–H groups in total. The van der Waals surface area contributed by atoms with Crippen LogP contribution < -0.4 is 15.2 Å². The van der Waals surface area contributed by atoms with Crippen molar-refractivity contribution in [1.82, 2.24) is 9.97 Å². The number of aromatic nitrogens is 2. The van der Waals surface area contributed by atoms with E-state index in [9.17, 15) is 18.3 Å². The van der Waals surface area contributed by atoms with Crippen LogP contribution >= 0.6 is 0 Å². The number of benzene rings is 3. The van der Waals surface area contributed by atoms with Gasteiger partial charge >= 0.3 is 5.97 Å². The summed E-state index contributed by atoms with van der Waals surface area (Å²) >= 11 is 0. The molecule has 232 valence electrons. The van der Waals surface area contributed by atoms with Crippen LogP contribution in [0.25, 0.3) is 11.3 Å². The van der Waals surface area contributed by atoms with Gasteiger partial charge in [0.1, 0.15) is 6.10 Å². The van der Waals surface area contributed by atoms with Gasteiger partial charge in [0.2, 0.25) is 11.8 Å². The predicted octanol–water partition coefficient (Wildman–Crippen LogP) is 5.65. The summed E-state index contributed by atoms with van der Waals surface area (Å²) in [6.45, 7) is 10.4. The maximum Gasteiger partial charge on any atom is 0.335 e. The second kappa shape index (κ2) is 13.1. The Morgan fingerprint density at radius 1 is 0.977 bits per heavy atom. The number of carbonyl (C=O) groups is 1. The molecule has 0 spiro atoms. The van der Waals surface area contributed by atoms with Crippen molar-refractivity contribution < 1.29 is 27.8 Å². The van der Waals surface area contributed by atoms with Crippen LogP contribution in [0.1, 0.15) is 59.5 Å². The molecule has 1 aromatic heterocycles. The molecule has 0 aliphatic rings. The minimum atomic E-state index is -4.27. The van der Waals surface area contributed by atoms with Crippen molar-refractivity contribution in [2.75, 3.05) is 18.4 Å². The summed E-state index contributed by atoms with van der Waals surface area (Å²) in [4.78, 5) is 20.2. The number of anilines is 1. The zero-order valence-electron chi connectivity index (χ0n) is 25.7. The van der Waals surface area contributed by atoms with Crippen LogP contribution in [0.2, 0.25) is 0 Å². The molecule has 1 heterocycles. The summed E-state index contributed by atoms with van der Waals surface area (Å²) in [5.74, 6) is -1.41. The van der Waals surface area contributed by atoms with Crippen LogP contribution in [0.3, 0.4) is 0 Å². The first-order chi connectivity index (χ1) is 20.7. The summed E-state index contributed by atoms with van der Waals surface area (Å²) in [5.41, 5.74) is 11.3. The van der Waals surface area contributed by atoms with E-state index in [1.165, 1.54) is 18.2 Å². The lowest BCUT2D eigenvalue weighted by atomic mass is 9.86. The minimum Gasteiger partial charge on any atom is -0.478 e. The van der Waals surface area contributed by atoms with E-state index in [2.05, 4.69) is 35.5 Å². The maximum atomic E-state index is 13.4. The van der Waals surface area contributed by atoms with Gasteiger partial charge in [-0.2, -0.15) is 4.98 Å². The number of methoxy groups -OCH3 is 1. The van der Waals surface area contributed by atoms with Crippen molar-refractivity contribution in [3.63, 3.8) is 0 Å². The lowest BCUT2D eigenvalue weighted by Gasteiger charge is -2.26. The highest BCUT2D eigenvalue weighted by molar-refractivity contribution is 7.92. The minimum absolute atomic E-state index is 0.0491. The molecule has 0 fully saturated rings. The van der Waals surface area contributed by atoms with Crippen molar-refractivity contribution in [2.24, 2.45) is 5.73 Å². The maximum absolute atomic E-state index is 13.4. The highest BCUT2D eigenvalue weighted by Crippen LogP contribution is 2.32. The van der Waals surface area contributed by atoms with Crippen LogP contribution in [-0.2, 0) is 20.2 Å². The van der Waals surface area contributed by atoms with E-state index in [0.717, 1.165) is 33.9 Å². The topological polar surface area (TPSA) is 154 Å². The van der Waals surface area contributed by atoms with Gasteiger partial charge in [-0.05, 0) is 59.7 Å². The van der Waals surface area contributed by atoms with Gasteiger partial charge in [0.15, 0.2) is 0 Å². The Labute approximate surface area is 258 Å². The third-order valence-corrected chi connectivity index (χ3v) is 8.48. The van der Waals surface area contributed by atoms with E-state index in [0.29, 0.717) is 5.69 Å². The first-order valence-corrected chi connectivity index (χ1v) is 15.5. The average Bonchev–Trinajstić information content (AvgIpc) is 2.95. The molecule has 3 aromatic carbocycles. The zero-order valence-corrected chi connectivity index (χ0v) is 26.5. The Morgan fingerprint density at radius 2 is 1.61 bits per heavy atom. The molecule has 2 atom stereocenters. The fraction of sp³-hybridized carbons (Fsp3) is 0.303. The number of hydrogen-bond donors (Lipinski definition) is 3. The van der Waals surface area contributed by atoms with Crippen molar-refractivity contribution >= 4 is 21.9 Å². The number of hydrogen-bond acceptors (Lipinski definition) is 8. The fourth-order valence-corrected chi connectivity index (χ4v) is 5.83. The second-order valence-corrected chi connectivity index (χ2v) is 13.3. The first kappa shape index (κ1) is 32.6. The van der Waals surface area contributed by atoms with Crippen molar-refractivity contribution in [1.29, 1.82) is 0 Å². The van der Waals surface area contributed by atoms with Gasteiger partial charge in [-0.15, -0.1) is 0 Å². The monoisotopic (exact) mass is 618 g/mol. The molecule has 0 aliphatic heterocycles. The predicted molar refractivity (Wildman–Crippen MR) is 170 cm³/mol. The van der Waals surface area contributed by atoms with E-state index in [1.54, 1.807) is 13.2 Å². The smallest absolute Gasteiger partial charge is 0.335 e. The number of nitrogens with one attached hydrogen (secondary N) is 1. The van der Waals surface area contributed by atoms with E-state index >= 15 is 0 Å². The summed E-state index contributed by atoms with van der Waals surface area (Å²) in [6.07, 6.45) is -0.693. The molecule has 4 aromatic rings. The lowest BCUT2D eigenvalue weighted by Crippen LogP contribution is -2.36. The largest absolute Gasteiger partial charge is 0.478 e. The van der Waals surface area contributed by atoms with Gasteiger partial charge in [-0.3, -0.25) is 0 Å².